The van der Waals surface area contributed by atoms with E-state index >= 15 is 0 Å². The molecule has 4 nitrogen and oxygen atoms in total. The number of hydrogen-bond acceptors (Lipinski definition) is 3. The van der Waals surface area contributed by atoms with Crippen molar-refractivity contribution in [2.45, 2.75) is 39.8 Å². The number of aryl methyl sites for hydroxylation is 1. The molecule has 0 aliphatic rings. The molecule has 1 aromatic heterocycles. The Kier molecular flexibility index (Phi) is 5.81. The molecule has 0 saturated carbocycles. The maximum Gasteiger partial charge on any atom is 0.119 e. The summed E-state index contributed by atoms with van der Waals surface area (Å²) in [5.74, 6) is 2.03. The summed E-state index contributed by atoms with van der Waals surface area (Å²) in [5, 5.41) is 3.39. The Morgan fingerprint density at radius 1 is 1.24 bits per heavy atom. The Balaban J connectivity index is 2.23. The fraction of sp³-hybridized carbons (Fsp3) is 0.471. The summed E-state index contributed by atoms with van der Waals surface area (Å²) in [4.78, 5) is 4.51. The molecule has 0 radical (unpaired) electrons. The number of nitrogens with zero attached hydrogens (tertiary/aromatic N) is 2. The first-order valence-electron chi connectivity index (χ1n) is 7.65. The number of benzene rings is 1. The normalized spacial score (nSPS) is 10.8. The fourth-order valence-corrected chi connectivity index (χ4v) is 2.45. The van der Waals surface area contributed by atoms with Gasteiger partial charge in [0.05, 0.1) is 7.11 Å². The zero-order valence-electron chi connectivity index (χ0n) is 13.2. The minimum atomic E-state index is 0.859. The van der Waals surface area contributed by atoms with Crippen molar-refractivity contribution < 1.29 is 4.74 Å². The Hall–Kier alpha value is -1.81. The third-order valence-corrected chi connectivity index (χ3v) is 3.59. The smallest absolute Gasteiger partial charge is 0.119 e. The van der Waals surface area contributed by atoms with Crippen LogP contribution < -0.4 is 10.1 Å². The Morgan fingerprint density at radius 3 is 2.81 bits per heavy atom. The first-order chi connectivity index (χ1) is 10.3. The predicted molar refractivity (Wildman–Crippen MR) is 85.7 cm³/mol. The number of aromatic nitrogens is 2. The molecule has 0 aliphatic carbocycles. The molecule has 4 heteroatoms. The van der Waals surface area contributed by atoms with Gasteiger partial charge in [0, 0.05) is 31.9 Å². The highest BCUT2D eigenvalue weighted by atomic mass is 16.5. The van der Waals surface area contributed by atoms with E-state index in [0.29, 0.717) is 0 Å². The van der Waals surface area contributed by atoms with E-state index in [9.17, 15) is 0 Å². The first-order valence-corrected chi connectivity index (χ1v) is 7.65. The van der Waals surface area contributed by atoms with E-state index in [1.807, 2.05) is 12.3 Å². The summed E-state index contributed by atoms with van der Waals surface area (Å²) >= 11 is 0. The molecule has 2 rings (SSSR count). The van der Waals surface area contributed by atoms with Gasteiger partial charge >= 0.3 is 0 Å². The standard InChI is InChI=1S/C17H25N3O/c1-4-9-20-10-8-19-17(20)12-14-6-7-16(21-3)11-15(14)13-18-5-2/h6-8,10-11,18H,4-5,9,12-13H2,1-3H3. The Morgan fingerprint density at radius 2 is 2.10 bits per heavy atom. The molecule has 1 aromatic carbocycles. The monoisotopic (exact) mass is 287 g/mol. The van der Waals surface area contributed by atoms with Crippen molar-refractivity contribution in [3.8, 4) is 5.75 Å². The molecule has 0 atom stereocenters. The number of imidazole rings is 1. The molecule has 2 aromatic rings. The average molecular weight is 287 g/mol. The maximum atomic E-state index is 5.34. The largest absolute Gasteiger partial charge is 0.497 e. The van der Waals surface area contributed by atoms with Gasteiger partial charge in [-0.15, -0.1) is 0 Å². The van der Waals surface area contributed by atoms with Crippen LogP contribution in [0.5, 0.6) is 5.75 Å². The molecule has 1 N–H and O–H groups in total. The van der Waals surface area contributed by atoms with Gasteiger partial charge in [-0.25, -0.2) is 4.98 Å². The molecular formula is C17H25N3O. The van der Waals surface area contributed by atoms with Crippen molar-refractivity contribution in [3.63, 3.8) is 0 Å². The van der Waals surface area contributed by atoms with E-state index in [2.05, 4.69) is 47.0 Å². The van der Waals surface area contributed by atoms with E-state index in [1.54, 1.807) is 7.11 Å². The van der Waals surface area contributed by atoms with Crippen LogP contribution in [0.4, 0.5) is 0 Å². The van der Waals surface area contributed by atoms with Gasteiger partial charge in [-0.05, 0) is 36.2 Å². The van der Waals surface area contributed by atoms with Crippen molar-refractivity contribution in [3.05, 3.63) is 47.5 Å². The van der Waals surface area contributed by atoms with Crippen LogP contribution in [0.25, 0.3) is 0 Å². The second-order valence-corrected chi connectivity index (χ2v) is 5.13. The molecule has 0 amide bonds. The second-order valence-electron chi connectivity index (χ2n) is 5.13. The van der Waals surface area contributed by atoms with Crippen molar-refractivity contribution in [2.24, 2.45) is 0 Å². The molecule has 0 fully saturated rings. The van der Waals surface area contributed by atoms with Crippen molar-refractivity contribution in [1.29, 1.82) is 0 Å². The second kappa shape index (κ2) is 7.84. The lowest BCUT2D eigenvalue weighted by Crippen LogP contribution is -2.14. The summed E-state index contributed by atoms with van der Waals surface area (Å²) in [5.41, 5.74) is 2.59. The highest BCUT2D eigenvalue weighted by molar-refractivity contribution is 5.37. The van der Waals surface area contributed by atoms with Crippen molar-refractivity contribution >= 4 is 0 Å². The number of ether oxygens (including phenoxy) is 1. The van der Waals surface area contributed by atoms with Crippen molar-refractivity contribution in [1.82, 2.24) is 14.9 Å². The highest BCUT2D eigenvalue weighted by Crippen LogP contribution is 2.20. The van der Waals surface area contributed by atoms with Gasteiger partial charge in [0.15, 0.2) is 0 Å². The quantitative estimate of drug-likeness (QED) is 0.811. The van der Waals surface area contributed by atoms with E-state index in [0.717, 1.165) is 44.0 Å². The summed E-state index contributed by atoms with van der Waals surface area (Å²) in [6, 6.07) is 6.29. The topological polar surface area (TPSA) is 39.1 Å². The van der Waals surface area contributed by atoms with Gasteiger partial charge in [0.25, 0.3) is 0 Å². The van der Waals surface area contributed by atoms with Crippen LogP contribution in [-0.4, -0.2) is 23.2 Å². The molecule has 21 heavy (non-hydrogen) atoms. The van der Waals surface area contributed by atoms with Crippen LogP contribution in [0.1, 0.15) is 37.2 Å². The number of rotatable bonds is 8. The number of nitrogens with one attached hydrogen (secondary N) is 1. The number of methoxy groups -OCH3 is 1. The van der Waals surface area contributed by atoms with E-state index in [4.69, 9.17) is 4.74 Å². The van der Waals surface area contributed by atoms with Crippen molar-refractivity contribution in [2.75, 3.05) is 13.7 Å². The summed E-state index contributed by atoms with van der Waals surface area (Å²) < 4.78 is 7.58. The van der Waals surface area contributed by atoms with E-state index in [-0.39, 0.29) is 0 Å². The first kappa shape index (κ1) is 15.6. The van der Waals surface area contributed by atoms with Gasteiger partial charge in [0.1, 0.15) is 11.6 Å². The van der Waals surface area contributed by atoms with Crippen LogP contribution in [0, 0.1) is 0 Å². The van der Waals surface area contributed by atoms with Gasteiger partial charge in [-0.1, -0.05) is 19.9 Å². The highest BCUT2D eigenvalue weighted by Gasteiger charge is 2.09. The SMILES string of the molecule is CCCn1ccnc1Cc1ccc(OC)cc1CNCC. The molecule has 0 spiro atoms. The molecule has 1 heterocycles. The minimum Gasteiger partial charge on any atom is -0.497 e. The lowest BCUT2D eigenvalue weighted by atomic mass is 10.0. The molecule has 114 valence electrons. The van der Waals surface area contributed by atoms with Gasteiger partial charge in [-0.2, -0.15) is 0 Å². The lowest BCUT2D eigenvalue weighted by molar-refractivity contribution is 0.414. The minimum absolute atomic E-state index is 0.859. The van der Waals surface area contributed by atoms with Crippen LogP contribution >= 0.6 is 0 Å². The molecule has 0 aliphatic heterocycles. The average Bonchev–Trinajstić information content (AvgIpc) is 2.94. The summed E-state index contributed by atoms with van der Waals surface area (Å²) in [6.07, 6.45) is 5.93. The third-order valence-electron chi connectivity index (χ3n) is 3.59. The third kappa shape index (κ3) is 4.08. The van der Waals surface area contributed by atoms with Gasteiger partial charge in [0.2, 0.25) is 0 Å². The van der Waals surface area contributed by atoms with Crippen LogP contribution in [0.2, 0.25) is 0 Å². The van der Waals surface area contributed by atoms with E-state index in [1.165, 1.54) is 11.1 Å². The van der Waals surface area contributed by atoms with E-state index < -0.39 is 0 Å². The molecule has 0 saturated heterocycles. The number of hydrogen-bond donors (Lipinski definition) is 1. The predicted octanol–water partition coefficient (Wildman–Crippen LogP) is 3.00. The molecule has 0 bridgehead atoms. The van der Waals surface area contributed by atoms with Crippen LogP contribution in [0.15, 0.2) is 30.6 Å². The lowest BCUT2D eigenvalue weighted by Gasteiger charge is -2.13. The zero-order valence-corrected chi connectivity index (χ0v) is 13.2. The van der Waals surface area contributed by atoms with Gasteiger partial charge < -0.3 is 14.6 Å². The van der Waals surface area contributed by atoms with Crippen LogP contribution in [-0.2, 0) is 19.5 Å². The Bertz CT molecular complexity index is 563. The molecule has 0 unspecified atom stereocenters. The fourth-order valence-electron chi connectivity index (χ4n) is 2.45. The molecular weight excluding hydrogens is 262 g/mol. The maximum absolute atomic E-state index is 5.34. The van der Waals surface area contributed by atoms with Crippen LogP contribution in [0.3, 0.4) is 0 Å². The summed E-state index contributed by atoms with van der Waals surface area (Å²) in [7, 11) is 1.71. The Labute approximate surface area is 127 Å². The van der Waals surface area contributed by atoms with Gasteiger partial charge in [-0.3, -0.25) is 0 Å². The zero-order chi connectivity index (χ0) is 15.1. The summed E-state index contributed by atoms with van der Waals surface area (Å²) in [6.45, 7) is 7.15.